The summed E-state index contributed by atoms with van der Waals surface area (Å²) in [6, 6.07) is 9.72. The Labute approximate surface area is 148 Å². The molecule has 1 fully saturated rings. The summed E-state index contributed by atoms with van der Waals surface area (Å²) in [5, 5.41) is 10.4. The molecule has 0 radical (unpaired) electrons. The van der Waals surface area contributed by atoms with Gasteiger partial charge in [-0.25, -0.2) is 0 Å². The topological polar surface area (TPSA) is 62.9 Å². The Morgan fingerprint density at radius 3 is 2.80 bits per heavy atom. The number of ether oxygens (including phenoxy) is 1. The molecule has 5 heteroatoms. The number of β-amino-alcohol motifs (C(OH)–C–C–N with tert-alkyl or cyclic N) is 1. The number of aryl methyl sites for hydroxylation is 1. The first kappa shape index (κ1) is 17.5. The third-order valence-electron chi connectivity index (χ3n) is 4.68. The first-order valence-corrected chi connectivity index (χ1v) is 8.73. The van der Waals surface area contributed by atoms with Gasteiger partial charge in [-0.2, -0.15) is 0 Å². The van der Waals surface area contributed by atoms with Crippen molar-refractivity contribution >= 4 is 5.91 Å². The fraction of sp³-hybridized carbons (Fsp3) is 0.450. The number of hydrogen-bond donors (Lipinski definition) is 1. The van der Waals surface area contributed by atoms with Crippen LogP contribution in [-0.2, 0) is 0 Å². The summed E-state index contributed by atoms with van der Waals surface area (Å²) < 4.78 is 11.3. The molecule has 0 unspecified atom stereocenters. The molecule has 1 N–H and O–H groups in total. The van der Waals surface area contributed by atoms with Gasteiger partial charge in [0.25, 0.3) is 5.91 Å². The molecule has 0 bridgehead atoms. The zero-order valence-corrected chi connectivity index (χ0v) is 14.9. The van der Waals surface area contributed by atoms with Crippen LogP contribution < -0.4 is 4.74 Å². The minimum atomic E-state index is -0.726. The Balaban J connectivity index is 1.63. The summed E-state index contributed by atoms with van der Waals surface area (Å²) in [6.07, 6.45) is 1.05. The average molecular weight is 343 g/mol. The Bertz CT molecular complexity index is 737. The number of aliphatic hydroxyl groups excluding tert-OH is 1. The molecule has 1 aliphatic rings. The quantitative estimate of drug-likeness (QED) is 0.924. The number of likely N-dealkylation sites (tertiary alicyclic amines) is 1. The van der Waals surface area contributed by atoms with Gasteiger partial charge in [0.05, 0.1) is 12.8 Å². The van der Waals surface area contributed by atoms with Crippen molar-refractivity contribution in [3.63, 3.8) is 0 Å². The lowest BCUT2D eigenvalue weighted by Crippen LogP contribution is -2.51. The third kappa shape index (κ3) is 3.87. The number of carbonyl (C=O) groups is 1. The molecule has 134 valence electrons. The van der Waals surface area contributed by atoms with Crippen LogP contribution >= 0.6 is 0 Å². The second-order valence-electron chi connectivity index (χ2n) is 6.92. The number of piperidine rings is 1. The van der Waals surface area contributed by atoms with Crippen molar-refractivity contribution in [2.24, 2.45) is 0 Å². The molecule has 2 atom stereocenters. The van der Waals surface area contributed by atoms with Crippen LogP contribution in [0.2, 0.25) is 0 Å². The number of hydrogen-bond acceptors (Lipinski definition) is 4. The Hall–Kier alpha value is -2.27. The number of aliphatic hydroxyl groups is 1. The maximum atomic E-state index is 12.5. The molecular weight excluding hydrogens is 318 g/mol. The Morgan fingerprint density at radius 2 is 2.16 bits per heavy atom. The van der Waals surface area contributed by atoms with Crippen molar-refractivity contribution < 1.29 is 19.1 Å². The lowest BCUT2D eigenvalue weighted by atomic mass is 10.0. The fourth-order valence-corrected chi connectivity index (χ4v) is 3.09. The molecule has 1 aromatic carbocycles. The van der Waals surface area contributed by atoms with E-state index in [4.69, 9.17) is 9.15 Å². The van der Waals surface area contributed by atoms with Crippen LogP contribution in [-0.4, -0.2) is 41.2 Å². The molecule has 0 aliphatic carbocycles. The minimum Gasteiger partial charge on any atom is -0.488 e. The Morgan fingerprint density at radius 1 is 1.36 bits per heavy atom. The van der Waals surface area contributed by atoms with E-state index in [1.54, 1.807) is 11.0 Å². The monoisotopic (exact) mass is 343 g/mol. The SMILES string of the molecule is Cc1ccoc1C(=O)N1CC[C@@H](Oc2cccc(C(C)C)c2)[C@H](O)C1. The molecule has 5 nitrogen and oxygen atoms in total. The van der Waals surface area contributed by atoms with Crippen LogP contribution in [0.1, 0.15) is 47.9 Å². The van der Waals surface area contributed by atoms with Crippen molar-refractivity contribution in [2.75, 3.05) is 13.1 Å². The summed E-state index contributed by atoms with van der Waals surface area (Å²) in [6.45, 7) is 6.88. The van der Waals surface area contributed by atoms with Gasteiger partial charge in [-0.15, -0.1) is 0 Å². The normalized spacial score (nSPS) is 20.8. The first-order valence-electron chi connectivity index (χ1n) is 8.73. The predicted octanol–water partition coefficient (Wildman–Crippen LogP) is 3.37. The highest BCUT2D eigenvalue weighted by Crippen LogP contribution is 2.24. The molecule has 2 heterocycles. The van der Waals surface area contributed by atoms with Crippen molar-refractivity contribution in [1.82, 2.24) is 4.90 Å². The van der Waals surface area contributed by atoms with E-state index in [9.17, 15) is 9.90 Å². The Kier molecular flexibility index (Phi) is 5.13. The molecule has 0 saturated carbocycles. The zero-order valence-electron chi connectivity index (χ0n) is 14.9. The highest BCUT2D eigenvalue weighted by molar-refractivity contribution is 5.92. The second kappa shape index (κ2) is 7.31. The molecule has 1 aliphatic heterocycles. The van der Waals surface area contributed by atoms with E-state index in [1.807, 2.05) is 25.1 Å². The van der Waals surface area contributed by atoms with Gasteiger partial charge in [-0.3, -0.25) is 4.79 Å². The van der Waals surface area contributed by atoms with E-state index in [0.29, 0.717) is 24.6 Å². The van der Waals surface area contributed by atoms with Gasteiger partial charge in [0, 0.05) is 18.5 Å². The molecule has 2 aromatic rings. The van der Waals surface area contributed by atoms with Crippen molar-refractivity contribution in [2.45, 2.75) is 45.3 Å². The number of amides is 1. The maximum absolute atomic E-state index is 12.5. The molecular formula is C20H25NO4. The highest BCUT2D eigenvalue weighted by atomic mass is 16.5. The largest absolute Gasteiger partial charge is 0.488 e. The lowest BCUT2D eigenvalue weighted by Gasteiger charge is -2.35. The summed E-state index contributed by atoms with van der Waals surface area (Å²) in [5.74, 6) is 1.35. The summed E-state index contributed by atoms with van der Waals surface area (Å²) in [5.41, 5.74) is 2.01. The number of nitrogens with zero attached hydrogens (tertiary/aromatic N) is 1. The minimum absolute atomic E-state index is 0.179. The molecule has 0 spiro atoms. The third-order valence-corrected chi connectivity index (χ3v) is 4.68. The van der Waals surface area contributed by atoms with Gasteiger partial charge in [0.15, 0.2) is 5.76 Å². The van der Waals surface area contributed by atoms with E-state index >= 15 is 0 Å². The predicted molar refractivity (Wildman–Crippen MR) is 94.9 cm³/mol. The van der Waals surface area contributed by atoms with Gasteiger partial charge < -0.3 is 19.2 Å². The number of furan rings is 1. The van der Waals surface area contributed by atoms with Crippen molar-refractivity contribution in [1.29, 1.82) is 0 Å². The van der Waals surface area contributed by atoms with Crippen LogP contribution in [0.4, 0.5) is 0 Å². The van der Waals surface area contributed by atoms with E-state index in [-0.39, 0.29) is 18.6 Å². The zero-order chi connectivity index (χ0) is 18.0. The lowest BCUT2D eigenvalue weighted by molar-refractivity contribution is -0.0207. The van der Waals surface area contributed by atoms with Crippen molar-refractivity contribution in [3.8, 4) is 5.75 Å². The van der Waals surface area contributed by atoms with Crippen LogP contribution in [0.5, 0.6) is 5.75 Å². The average Bonchev–Trinajstić information content (AvgIpc) is 3.02. The number of carbonyl (C=O) groups excluding carboxylic acids is 1. The van der Waals surface area contributed by atoms with Gasteiger partial charge in [0.2, 0.25) is 0 Å². The summed E-state index contributed by atoms with van der Waals surface area (Å²) >= 11 is 0. The molecule has 1 aromatic heterocycles. The first-order chi connectivity index (χ1) is 12.0. The van der Waals surface area contributed by atoms with E-state index < -0.39 is 6.10 Å². The van der Waals surface area contributed by atoms with Gasteiger partial charge in [-0.05, 0) is 36.6 Å². The fourth-order valence-electron chi connectivity index (χ4n) is 3.09. The summed E-state index contributed by atoms with van der Waals surface area (Å²) in [4.78, 5) is 14.1. The van der Waals surface area contributed by atoms with Crippen LogP contribution in [0.3, 0.4) is 0 Å². The maximum Gasteiger partial charge on any atom is 0.289 e. The summed E-state index contributed by atoms with van der Waals surface area (Å²) in [7, 11) is 0. The van der Waals surface area contributed by atoms with E-state index in [1.165, 1.54) is 11.8 Å². The van der Waals surface area contributed by atoms with Gasteiger partial charge >= 0.3 is 0 Å². The molecule has 1 amide bonds. The molecule has 25 heavy (non-hydrogen) atoms. The smallest absolute Gasteiger partial charge is 0.289 e. The van der Waals surface area contributed by atoms with Crippen LogP contribution in [0, 0.1) is 6.92 Å². The van der Waals surface area contributed by atoms with Gasteiger partial charge in [0.1, 0.15) is 18.0 Å². The molecule has 3 rings (SSSR count). The van der Waals surface area contributed by atoms with Gasteiger partial charge in [-0.1, -0.05) is 26.0 Å². The standard InChI is InChI=1S/C20H25NO4/c1-13(2)15-5-4-6-16(11-15)25-18-7-9-21(12-17(18)22)20(23)19-14(3)8-10-24-19/h4-6,8,10-11,13,17-18,22H,7,9,12H2,1-3H3/t17-,18-/m1/s1. The highest BCUT2D eigenvalue weighted by Gasteiger charge is 2.33. The molecule has 1 saturated heterocycles. The number of rotatable bonds is 4. The van der Waals surface area contributed by atoms with E-state index in [0.717, 1.165) is 11.3 Å². The number of benzene rings is 1. The van der Waals surface area contributed by atoms with Crippen molar-refractivity contribution in [3.05, 3.63) is 53.5 Å². The van der Waals surface area contributed by atoms with Crippen LogP contribution in [0.15, 0.2) is 41.0 Å². The van der Waals surface area contributed by atoms with E-state index in [2.05, 4.69) is 19.9 Å². The van der Waals surface area contributed by atoms with Crippen LogP contribution in [0.25, 0.3) is 0 Å². The second-order valence-corrected chi connectivity index (χ2v) is 6.92.